The van der Waals surface area contributed by atoms with Gasteiger partial charge in [0.2, 0.25) is 0 Å². The first-order chi connectivity index (χ1) is 11.6. The molecule has 3 rings (SSSR count). The number of hydrogen-bond acceptors (Lipinski definition) is 6. The molecule has 0 N–H and O–H groups in total. The summed E-state index contributed by atoms with van der Waals surface area (Å²) < 4.78 is 34.5. The quantitative estimate of drug-likeness (QED) is 0.698. The van der Waals surface area contributed by atoms with Crippen LogP contribution in [0.4, 0.5) is 0 Å². The summed E-state index contributed by atoms with van der Waals surface area (Å²) in [5.74, 6) is 0.786. The summed E-state index contributed by atoms with van der Waals surface area (Å²) in [6.07, 6.45) is 4.65. The van der Waals surface area contributed by atoms with Gasteiger partial charge in [-0.05, 0) is 25.0 Å². The van der Waals surface area contributed by atoms with Crippen molar-refractivity contribution in [3.8, 4) is 5.75 Å². The summed E-state index contributed by atoms with van der Waals surface area (Å²) in [7, 11) is 0.710. The number of aromatic nitrogens is 2. The molecule has 0 saturated heterocycles. The largest absolute Gasteiger partial charge is 0.497 e. The summed E-state index contributed by atoms with van der Waals surface area (Å²) in [5, 5.41) is 5.68. The SMILES string of the molecule is COc1ccc2c(COP(=O)(OC)OC)nn(C3CCCC3)c2c1. The van der Waals surface area contributed by atoms with Gasteiger partial charge in [-0.25, -0.2) is 4.57 Å². The Morgan fingerprint density at radius 3 is 2.54 bits per heavy atom. The van der Waals surface area contributed by atoms with Crippen molar-refractivity contribution >= 4 is 18.7 Å². The summed E-state index contributed by atoms with van der Waals surface area (Å²) in [5.41, 5.74) is 1.72. The molecular weight excluding hydrogens is 331 g/mol. The van der Waals surface area contributed by atoms with Gasteiger partial charge in [-0.2, -0.15) is 5.10 Å². The highest BCUT2D eigenvalue weighted by Gasteiger charge is 2.26. The van der Waals surface area contributed by atoms with Gasteiger partial charge in [-0.3, -0.25) is 18.3 Å². The van der Waals surface area contributed by atoms with Crippen LogP contribution in [0, 0.1) is 0 Å². The summed E-state index contributed by atoms with van der Waals surface area (Å²) in [6.45, 7) is 0.0571. The molecule has 0 unspecified atom stereocenters. The summed E-state index contributed by atoms with van der Waals surface area (Å²) in [6, 6.07) is 6.20. The van der Waals surface area contributed by atoms with Crippen LogP contribution in [-0.2, 0) is 24.7 Å². The molecule has 0 amide bonds. The molecule has 1 aromatic carbocycles. The van der Waals surface area contributed by atoms with Gasteiger partial charge in [-0.1, -0.05) is 12.8 Å². The Kier molecular flexibility index (Phi) is 5.25. The van der Waals surface area contributed by atoms with E-state index in [4.69, 9.17) is 23.4 Å². The van der Waals surface area contributed by atoms with Crippen LogP contribution in [0.2, 0.25) is 0 Å². The average Bonchev–Trinajstić information content (AvgIpc) is 3.26. The molecular formula is C16H23N2O5P. The Balaban J connectivity index is 1.97. The summed E-state index contributed by atoms with van der Waals surface area (Å²) >= 11 is 0. The van der Waals surface area contributed by atoms with E-state index in [0.29, 0.717) is 11.7 Å². The van der Waals surface area contributed by atoms with Crippen molar-refractivity contribution in [2.75, 3.05) is 21.3 Å². The third-order valence-corrected chi connectivity index (χ3v) is 5.81. The maximum absolute atomic E-state index is 12.1. The van der Waals surface area contributed by atoms with Crippen LogP contribution >= 0.6 is 7.82 Å². The van der Waals surface area contributed by atoms with Crippen LogP contribution in [0.5, 0.6) is 5.75 Å². The van der Waals surface area contributed by atoms with E-state index in [1.807, 2.05) is 22.9 Å². The lowest BCUT2D eigenvalue weighted by Gasteiger charge is -2.12. The minimum atomic E-state index is -3.53. The van der Waals surface area contributed by atoms with Gasteiger partial charge in [0.1, 0.15) is 12.4 Å². The fourth-order valence-corrected chi connectivity index (χ4v) is 3.80. The van der Waals surface area contributed by atoms with E-state index in [-0.39, 0.29) is 6.61 Å². The Morgan fingerprint density at radius 1 is 1.21 bits per heavy atom. The third kappa shape index (κ3) is 3.35. The molecule has 7 nitrogen and oxygen atoms in total. The van der Waals surface area contributed by atoms with Gasteiger partial charge >= 0.3 is 7.82 Å². The monoisotopic (exact) mass is 354 g/mol. The maximum Gasteiger partial charge on any atom is 0.474 e. The first-order valence-electron chi connectivity index (χ1n) is 8.01. The molecule has 0 aliphatic heterocycles. The maximum atomic E-state index is 12.1. The third-order valence-electron chi connectivity index (χ3n) is 4.47. The number of hydrogen-bond donors (Lipinski definition) is 0. The number of benzene rings is 1. The van der Waals surface area contributed by atoms with Crippen LogP contribution in [0.15, 0.2) is 18.2 Å². The summed E-state index contributed by atoms with van der Waals surface area (Å²) in [4.78, 5) is 0. The zero-order valence-electron chi connectivity index (χ0n) is 14.2. The molecule has 0 spiro atoms. The Morgan fingerprint density at radius 2 is 1.92 bits per heavy atom. The van der Waals surface area contributed by atoms with Crippen molar-refractivity contribution in [2.45, 2.75) is 38.3 Å². The van der Waals surface area contributed by atoms with E-state index in [2.05, 4.69) is 0 Å². The van der Waals surface area contributed by atoms with Crippen molar-refractivity contribution in [2.24, 2.45) is 0 Å². The van der Waals surface area contributed by atoms with E-state index >= 15 is 0 Å². The minimum absolute atomic E-state index is 0.0571. The number of fused-ring (bicyclic) bond motifs is 1. The number of rotatable bonds is 7. The lowest BCUT2D eigenvalue weighted by atomic mass is 10.2. The highest BCUT2D eigenvalue weighted by atomic mass is 31.2. The van der Waals surface area contributed by atoms with Gasteiger partial charge in [0.05, 0.1) is 24.4 Å². The van der Waals surface area contributed by atoms with Gasteiger partial charge in [0.25, 0.3) is 0 Å². The van der Waals surface area contributed by atoms with Crippen molar-refractivity contribution in [1.82, 2.24) is 9.78 Å². The standard InChI is InChI=1S/C16H23N2O5P/c1-20-13-8-9-14-15(11-23-24(19,21-2)22-3)17-18(16(14)10-13)12-6-4-5-7-12/h8-10,12H,4-7,11H2,1-3H3. The normalized spacial score (nSPS) is 16.1. The zero-order chi connectivity index (χ0) is 17.2. The first-order valence-corrected chi connectivity index (χ1v) is 9.47. The predicted octanol–water partition coefficient (Wildman–Crippen LogP) is 4.08. The van der Waals surface area contributed by atoms with E-state index in [9.17, 15) is 4.57 Å². The second-order valence-corrected chi connectivity index (χ2v) is 7.68. The lowest BCUT2D eigenvalue weighted by Crippen LogP contribution is -2.07. The molecule has 8 heteroatoms. The molecule has 1 saturated carbocycles. The van der Waals surface area contributed by atoms with Crippen molar-refractivity contribution < 1.29 is 22.9 Å². The van der Waals surface area contributed by atoms with Gasteiger partial charge in [0.15, 0.2) is 0 Å². The Labute approximate surface area is 141 Å². The smallest absolute Gasteiger partial charge is 0.474 e. The zero-order valence-corrected chi connectivity index (χ0v) is 15.1. The number of phosphoric ester groups is 1. The minimum Gasteiger partial charge on any atom is -0.497 e. The van der Waals surface area contributed by atoms with E-state index in [1.54, 1.807) is 7.11 Å². The van der Waals surface area contributed by atoms with Crippen LogP contribution < -0.4 is 4.74 Å². The van der Waals surface area contributed by atoms with E-state index < -0.39 is 7.82 Å². The molecule has 1 fully saturated rings. The number of phosphoric acid groups is 1. The molecule has 1 aliphatic carbocycles. The van der Waals surface area contributed by atoms with Crippen LogP contribution in [0.1, 0.15) is 37.4 Å². The molecule has 0 radical (unpaired) electrons. The highest BCUT2D eigenvalue weighted by molar-refractivity contribution is 7.48. The molecule has 0 bridgehead atoms. The van der Waals surface area contributed by atoms with Crippen molar-refractivity contribution in [1.29, 1.82) is 0 Å². The molecule has 0 atom stereocenters. The fourth-order valence-electron chi connectivity index (χ4n) is 3.16. The highest BCUT2D eigenvalue weighted by Crippen LogP contribution is 2.48. The second kappa shape index (κ2) is 7.23. The Bertz CT molecular complexity index is 746. The van der Waals surface area contributed by atoms with Crippen molar-refractivity contribution in [3.63, 3.8) is 0 Å². The van der Waals surface area contributed by atoms with Gasteiger partial charge in [-0.15, -0.1) is 0 Å². The number of ether oxygens (including phenoxy) is 1. The number of methoxy groups -OCH3 is 1. The number of nitrogens with zero attached hydrogens (tertiary/aromatic N) is 2. The average molecular weight is 354 g/mol. The molecule has 1 aromatic heterocycles. The fraction of sp³-hybridized carbons (Fsp3) is 0.562. The van der Waals surface area contributed by atoms with Gasteiger partial charge < -0.3 is 4.74 Å². The molecule has 24 heavy (non-hydrogen) atoms. The Hall–Kier alpha value is -1.40. The van der Waals surface area contributed by atoms with Crippen LogP contribution in [-0.4, -0.2) is 31.1 Å². The van der Waals surface area contributed by atoms with E-state index in [0.717, 1.165) is 29.5 Å². The topological polar surface area (TPSA) is 71.8 Å². The molecule has 2 aromatic rings. The van der Waals surface area contributed by atoms with Crippen molar-refractivity contribution in [3.05, 3.63) is 23.9 Å². The van der Waals surface area contributed by atoms with E-state index in [1.165, 1.54) is 27.1 Å². The molecule has 1 heterocycles. The van der Waals surface area contributed by atoms with Gasteiger partial charge in [0, 0.05) is 25.7 Å². The lowest BCUT2D eigenvalue weighted by molar-refractivity contribution is 0.144. The molecule has 1 aliphatic rings. The first kappa shape index (κ1) is 17.4. The van der Waals surface area contributed by atoms with Crippen LogP contribution in [0.25, 0.3) is 10.9 Å². The molecule has 132 valence electrons. The van der Waals surface area contributed by atoms with Crippen LogP contribution in [0.3, 0.4) is 0 Å². The second-order valence-electron chi connectivity index (χ2n) is 5.80. The predicted molar refractivity (Wildman–Crippen MR) is 90.2 cm³/mol.